The molecule has 5 rings (SSSR count). The maximum Gasteiger partial charge on any atom is 0.338 e. The molecule has 168 valence electrons. The lowest BCUT2D eigenvalue weighted by Gasteiger charge is -2.36. The van der Waals surface area contributed by atoms with Crippen LogP contribution in [0.15, 0.2) is 48.5 Å². The van der Waals surface area contributed by atoms with Gasteiger partial charge in [0.05, 0.1) is 35.7 Å². The molecule has 0 aromatic heterocycles. The average molecular weight is 444 g/mol. The fraction of sp³-hybridized carbons (Fsp3) is 0.308. The van der Waals surface area contributed by atoms with Gasteiger partial charge in [0.2, 0.25) is 11.8 Å². The Kier molecular flexibility index (Phi) is 4.92. The van der Waals surface area contributed by atoms with Crippen molar-refractivity contribution in [2.45, 2.75) is 32.9 Å². The minimum absolute atomic E-state index is 0.144. The number of nitrogens with zero attached hydrogens (tertiary/aromatic N) is 2. The van der Waals surface area contributed by atoms with Crippen LogP contribution < -0.4 is 9.80 Å². The highest BCUT2D eigenvalue weighted by Gasteiger charge is 2.63. The molecule has 0 N–H and O–H groups in total. The van der Waals surface area contributed by atoms with E-state index in [1.807, 2.05) is 42.2 Å². The quantitative estimate of drug-likeness (QED) is 0.532. The monoisotopic (exact) mass is 444 g/mol. The molecule has 2 fully saturated rings. The zero-order valence-corrected chi connectivity index (χ0v) is 18.6. The Morgan fingerprint density at radius 2 is 1.70 bits per heavy atom. The summed E-state index contributed by atoms with van der Waals surface area (Å²) in [5.41, 5.74) is 3.67. The van der Waals surface area contributed by atoms with Crippen molar-refractivity contribution in [2.75, 3.05) is 16.4 Å². The third-order valence-electron chi connectivity index (χ3n) is 6.71. The summed E-state index contributed by atoms with van der Waals surface area (Å²) in [6, 6.07) is 11.1. The van der Waals surface area contributed by atoms with Gasteiger partial charge in [-0.1, -0.05) is 23.8 Å². The van der Waals surface area contributed by atoms with Crippen LogP contribution >= 0.6 is 0 Å². The smallest absolute Gasteiger partial charge is 0.338 e. The number of imide groups is 1. The molecule has 3 aliphatic rings. The number of hydrogen-bond donors (Lipinski definition) is 0. The second kappa shape index (κ2) is 7.69. The van der Waals surface area contributed by atoms with Gasteiger partial charge in [0.15, 0.2) is 5.78 Å². The Hall–Kier alpha value is -3.74. The van der Waals surface area contributed by atoms with Crippen LogP contribution in [0.4, 0.5) is 11.4 Å². The van der Waals surface area contributed by atoms with Crippen LogP contribution in [0.3, 0.4) is 0 Å². The van der Waals surface area contributed by atoms with Crippen LogP contribution in [0.5, 0.6) is 0 Å². The van der Waals surface area contributed by atoms with Crippen LogP contribution in [0.25, 0.3) is 6.08 Å². The molecule has 3 heterocycles. The van der Waals surface area contributed by atoms with Crippen molar-refractivity contribution in [3.05, 3.63) is 65.2 Å². The third kappa shape index (κ3) is 3.10. The normalized spacial score (nSPS) is 25.1. The predicted molar refractivity (Wildman–Crippen MR) is 123 cm³/mol. The first-order valence-electron chi connectivity index (χ1n) is 11.1. The lowest BCUT2D eigenvalue weighted by Crippen LogP contribution is -2.48. The summed E-state index contributed by atoms with van der Waals surface area (Å²) in [6.45, 7) is 5.46. The first kappa shape index (κ1) is 21.1. The summed E-state index contributed by atoms with van der Waals surface area (Å²) in [5, 5.41) is 0. The summed E-state index contributed by atoms with van der Waals surface area (Å²) in [4.78, 5) is 55.0. The van der Waals surface area contributed by atoms with Crippen molar-refractivity contribution in [3.8, 4) is 0 Å². The molecule has 0 unspecified atom stereocenters. The predicted octanol–water partition coefficient (Wildman–Crippen LogP) is 3.15. The Labute approximate surface area is 191 Å². The van der Waals surface area contributed by atoms with Crippen molar-refractivity contribution in [3.63, 3.8) is 0 Å². The number of amides is 2. The van der Waals surface area contributed by atoms with E-state index in [1.165, 1.54) is 19.1 Å². The average Bonchev–Trinajstić information content (AvgIpc) is 3.27. The number of ether oxygens (including phenoxy) is 1. The van der Waals surface area contributed by atoms with Gasteiger partial charge in [0.1, 0.15) is 6.04 Å². The van der Waals surface area contributed by atoms with E-state index < -0.39 is 23.8 Å². The van der Waals surface area contributed by atoms with Crippen LogP contribution in [-0.2, 0) is 19.1 Å². The van der Waals surface area contributed by atoms with Gasteiger partial charge < -0.3 is 9.64 Å². The number of benzene rings is 2. The van der Waals surface area contributed by atoms with Gasteiger partial charge in [-0.25, -0.2) is 9.69 Å². The van der Waals surface area contributed by atoms with Crippen LogP contribution in [0.2, 0.25) is 0 Å². The van der Waals surface area contributed by atoms with Gasteiger partial charge in [-0.2, -0.15) is 0 Å². The number of fused-ring (bicyclic) bond motifs is 5. The molecule has 2 amide bonds. The lowest BCUT2D eigenvalue weighted by molar-refractivity contribution is -0.126. The molecule has 4 atom stereocenters. The molecule has 0 bridgehead atoms. The first-order valence-corrected chi connectivity index (χ1v) is 11.1. The van der Waals surface area contributed by atoms with E-state index in [9.17, 15) is 19.2 Å². The highest BCUT2D eigenvalue weighted by atomic mass is 16.5. The molecule has 0 spiro atoms. The van der Waals surface area contributed by atoms with Gasteiger partial charge in [0.25, 0.3) is 0 Å². The van der Waals surface area contributed by atoms with E-state index in [0.717, 1.165) is 21.7 Å². The number of Topliss-reactive ketones (excluding diaryl/α,β-unsaturated/α-hetero) is 1. The minimum Gasteiger partial charge on any atom is -0.462 e. The Balaban J connectivity index is 1.52. The fourth-order valence-electron chi connectivity index (χ4n) is 5.37. The van der Waals surface area contributed by atoms with Crippen molar-refractivity contribution in [1.29, 1.82) is 0 Å². The van der Waals surface area contributed by atoms with E-state index in [2.05, 4.69) is 0 Å². The molecule has 2 saturated heterocycles. The van der Waals surface area contributed by atoms with Crippen LogP contribution in [-0.4, -0.2) is 42.3 Å². The molecule has 7 nitrogen and oxygen atoms in total. The summed E-state index contributed by atoms with van der Waals surface area (Å²) in [6.07, 6.45) is 3.90. The highest BCUT2D eigenvalue weighted by Crippen LogP contribution is 2.49. The van der Waals surface area contributed by atoms with Crippen molar-refractivity contribution >= 4 is 41.0 Å². The van der Waals surface area contributed by atoms with Crippen molar-refractivity contribution < 1.29 is 23.9 Å². The van der Waals surface area contributed by atoms with Crippen molar-refractivity contribution in [2.24, 2.45) is 11.8 Å². The summed E-state index contributed by atoms with van der Waals surface area (Å²) < 4.78 is 4.99. The number of carbonyl (C=O) groups excluding carboxylic acids is 4. The van der Waals surface area contributed by atoms with Gasteiger partial charge >= 0.3 is 5.97 Å². The molecule has 33 heavy (non-hydrogen) atoms. The Morgan fingerprint density at radius 1 is 1.00 bits per heavy atom. The number of rotatable bonds is 4. The van der Waals surface area contributed by atoms with Gasteiger partial charge in [0, 0.05) is 5.69 Å². The van der Waals surface area contributed by atoms with E-state index in [-0.39, 0.29) is 30.2 Å². The van der Waals surface area contributed by atoms with Gasteiger partial charge in [-0.05, 0) is 62.7 Å². The Morgan fingerprint density at radius 3 is 2.36 bits per heavy atom. The summed E-state index contributed by atoms with van der Waals surface area (Å²) in [7, 11) is 0. The van der Waals surface area contributed by atoms with Gasteiger partial charge in [-0.3, -0.25) is 14.4 Å². The number of anilines is 2. The number of ketones is 1. The van der Waals surface area contributed by atoms with Crippen LogP contribution in [0.1, 0.15) is 35.3 Å². The van der Waals surface area contributed by atoms with E-state index in [1.54, 1.807) is 19.1 Å². The first-order chi connectivity index (χ1) is 15.8. The maximum absolute atomic E-state index is 13.6. The third-order valence-corrected chi connectivity index (χ3v) is 6.71. The Bertz CT molecular complexity index is 1220. The number of hydrogen-bond acceptors (Lipinski definition) is 6. The summed E-state index contributed by atoms with van der Waals surface area (Å²) >= 11 is 0. The second-order valence-corrected chi connectivity index (χ2v) is 8.71. The topological polar surface area (TPSA) is 84.0 Å². The molecule has 0 radical (unpaired) electrons. The highest BCUT2D eigenvalue weighted by molar-refractivity contribution is 6.24. The molecular weight excluding hydrogens is 420 g/mol. The molecule has 7 heteroatoms. The lowest BCUT2D eigenvalue weighted by atomic mass is 9.88. The largest absolute Gasteiger partial charge is 0.462 e. The molecule has 0 aliphatic carbocycles. The fourth-order valence-corrected chi connectivity index (χ4v) is 5.37. The SMILES string of the molecule is CCOC(=O)c1ccc(N2C(=O)[C@@H]3[C@@H](C2=O)[C@@H](C(C)=O)N2c4ccc(C)cc4C=C[C@H]32)cc1. The van der Waals surface area contributed by atoms with E-state index >= 15 is 0 Å². The number of aryl methyl sites for hydroxylation is 1. The zero-order valence-electron chi connectivity index (χ0n) is 18.6. The zero-order chi connectivity index (χ0) is 23.4. The molecule has 2 aromatic rings. The van der Waals surface area contributed by atoms with E-state index in [4.69, 9.17) is 4.74 Å². The van der Waals surface area contributed by atoms with Crippen molar-refractivity contribution in [1.82, 2.24) is 0 Å². The van der Waals surface area contributed by atoms with E-state index in [0.29, 0.717) is 11.3 Å². The minimum atomic E-state index is -0.762. The molecule has 3 aliphatic heterocycles. The number of esters is 1. The second-order valence-electron chi connectivity index (χ2n) is 8.71. The molecule has 0 saturated carbocycles. The maximum atomic E-state index is 13.6. The standard InChI is InChI=1S/C26H24N2O5/c1-4-33-26(32)16-6-9-18(10-7-16)27-24(30)21-20-12-8-17-13-14(2)5-11-19(17)28(20)23(15(3)29)22(21)25(27)31/h5-13,20-23H,4H2,1-3H3/t20-,21+,22-,23-/m1/s1. The van der Waals surface area contributed by atoms with Gasteiger partial charge in [-0.15, -0.1) is 0 Å². The van der Waals surface area contributed by atoms with Crippen LogP contribution in [0, 0.1) is 18.8 Å². The number of carbonyl (C=O) groups is 4. The molecular formula is C26H24N2O5. The summed E-state index contributed by atoms with van der Waals surface area (Å²) in [5.74, 6) is -2.73. The molecule has 2 aromatic carbocycles.